The van der Waals surface area contributed by atoms with Crippen LogP contribution in [0.1, 0.15) is 40.9 Å². The van der Waals surface area contributed by atoms with Crippen LogP contribution in [0.2, 0.25) is 0 Å². The quantitative estimate of drug-likeness (QED) is 0.736. The first-order valence-electron chi connectivity index (χ1n) is 10.2. The average molecular weight is 468 g/mol. The number of halogens is 3. The SMILES string of the molecule is Cc1oncc1C(=O)N1CCC2(CC1)CC(=O)N(Cc1cccnc1)C2.O=C(O)C(F)(F)F. The van der Waals surface area contributed by atoms with E-state index in [0.29, 0.717) is 37.4 Å². The molecule has 9 nitrogen and oxygen atoms in total. The van der Waals surface area contributed by atoms with Crippen LogP contribution in [0.15, 0.2) is 35.2 Å². The molecule has 2 aromatic heterocycles. The number of aryl methyl sites for hydroxylation is 1. The van der Waals surface area contributed by atoms with Gasteiger partial charge in [-0.25, -0.2) is 4.79 Å². The molecule has 2 saturated heterocycles. The van der Waals surface area contributed by atoms with Crippen molar-refractivity contribution >= 4 is 17.8 Å². The van der Waals surface area contributed by atoms with Gasteiger partial charge in [0.2, 0.25) is 5.91 Å². The van der Waals surface area contributed by atoms with Crippen LogP contribution in [0.25, 0.3) is 0 Å². The highest BCUT2D eigenvalue weighted by atomic mass is 19.4. The maximum atomic E-state index is 12.6. The van der Waals surface area contributed by atoms with E-state index in [9.17, 15) is 22.8 Å². The molecule has 0 aromatic carbocycles. The van der Waals surface area contributed by atoms with Crippen molar-refractivity contribution in [2.45, 2.75) is 38.9 Å². The number of hydrogen-bond acceptors (Lipinski definition) is 6. The largest absolute Gasteiger partial charge is 0.490 e. The lowest BCUT2D eigenvalue weighted by Gasteiger charge is -2.38. The van der Waals surface area contributed by atoms with Crippen molar-refractivity contribution in [2.24, 2.45) is 5.41 Å². The number of alkyl halides is 3. The summed E-state index contributed by atoms with van der Waals surface area (Å²) in [6.45, 7) is 4.44. The van der Waals surface area contributed by atoms with Crippen molar-refractivity contribution in [3.63, 3.8) is 0 Å². The van der Waals surface area contributed by atoms with Gasteiger partial charge >= 0.3 is 12.1 Å². The van der Waals surface area contributed by atoms with Gasteiger partial charge in [-0.3, -0.25) is 14.6 Å². The zero-order valence-electron chi connectivity index (χ0n) is 17.8. The molecular weight excluding hydrogens is 445 g/mol. The van der Waals surface area contributed by atoms with Gasteiger partial charge < -0.3 is 19.4 Å². The molecule has 2 aliphatic rings. The molecule has 0 atom stereocenters. The van der Waals surface area contributed by atoms with E-state index >= 15 is 0 Å². The molecule has 4 rings (SSSR count). The summed E-state index contributed by atoms with van der Waals surface area (Å²) in [5.41, 5.74) is 1.56. The van der Waals surface area contributed by atoms with Crippen molar-refractivity contribution in [1.82, 2.24) is 19.9 Å². The van der Waals surface area contributed by atoms with Gasteiger partial charge in [0, 0.05) is 50.4 Å². The molecule has 0 bridgehead atoms. The summed E-state index contributed by atoms with van der Waals surface area (Å²) in [6, 6.07) is 3.89. The van der Waals surface area contributed by atoms with Crippen LogP contribution in [-0.2, 0) is 16.1 Å². The molecule has 0 unspecified atom stereocenters. The number of carbonyl (C=O) groups excluding carboxylic acids is 2. The Balaban J connectivity index is 0.000000383. The van der Waals surface area contributed by atoms with E-state index in [2.05, 4.69) is 10.1 Å². The Kier molecular flexibility index (Phi) is 7.04. The van der Waals surface area contributed by atoms with Crippen LogP contribution < -0.4 is 0 Å². The number of pyridine rings is 1. The first-order valence-corrected chi connectivity index (χ1v) is 10.2. The van der Waals surface area contributed by atoms with Gasteiger partial charge in [0.15, 0.2) is 0 Å². The molecule has 2 aromatic rings. The first kappa shape index (κ1) is 24.2. The van der Waals surface area contributed by atoms with Crippen LogP contribution in [0.3, 0.4) is 0 Å². The molecule has 4 heterocycles. The third kappa shape index (κ3) is 5.88. The van der Waals surface area contributed by atoms with E-state index in [4.69, 9.17) is 14.4 Å². The highest BCUT2D eigenvalue weighted by Gasteiger charge is 2.45. The molecule has 0 saturated carbocycles. The van der Waals surface area contributed by atoms with E-state index in [1.807, 2.05) is 21.9 Å². The summed E-state index contributed by atoms with van der Waals surface area (Å²) < 4.78 is 36.7. The number of likely N-dealkylation sites (tertiary alicyclic amines) is 2. The van der Waals surface area contributed by atoms with Gasteiger partial charge in [-0.2, -0.15) is 13.2 Å². The van der Waals surface area contributed by atoms with E-state index in [1.54, 1.807) is 19.3 Å². The zero-order valence-corrected chi connectivity index (χ0v) is 17.8. The Morgan fingerprint density at radius 2 is 1.91 bits per heavy atom. The molecule has 2 amide bonds. The molecule has 33 heavy (non-hydrogen) atoms. The average Bonchev–Trinajstić information content (AvgIpc) is 3.31. The molecule has 2 aliphatic heterocycles. The third-order valence-corrected chi connectivity index (χ3v) is 5.84. The fraction of sp³-hybridized carbons (Fsp3) is 0.476. The highest BCUT2D eigenvalue weighted by molar-refractivity contribution is 5.94. The van der Waals surface area contributed by atoms with Crippen molar-refractivity contribution in [1.29, 1.82) is 0 Å². The Hall–Kier alpha value is -3.44. The number of aromatic nitrogens is 2. The smallest absolute Gasteiger partial charge is 0.475 e. The van der Waals surface area contributed by atoms with Crippen molar-refractivity contribution in [3.05, 3.63) is 47.6 Å². The summed E-state index contributed by atoms with van der Waals surface area (Å²) >= 11 is 0. The number of hydrogen-bond donors (Lipinski definition) is 1. The predicted molar refractivity (Wildman–Crippen MR) is 107 cm³/mol. The van der Waals surface area contributed by atoms with E-state index in [1.165, 1.54) is 6.20 Å². The van der Waals surface area contributed by atoms with Gasteiger partial charge in [-0.1, -0.05) is 11.2 Å². The van der Waals surface area contributed by atoms with E-state index in [0.717, 1.165) is 24.9 Å². The predicted octanol–water partition coefficient (Wildman–Crippen LogP) is 2.67. The summed E-state index contributed by atoms with van der Waals surface area (Å²) in [4.78, 5) is 41.9. The number of piperidine rings is 1. The molecule has 0 aliphatic carbocycles. The highest BCUT2D eigenvalue weighted by Crippen LogP contribution is 2.41. The monoisotopic (exact) mass is 468 g/mol. The van der Waals surface area contributed by atoms with Crippen LogP contribution in [0.5, 0.6) is 0 Å². The molecule has 178 valence electrons. The number of amides is 2. The number of nitrogens with zero attached hydrogens (tertiary/aromatic N) is 4. The van der Waals surface area contributed by atoms with Gasteiger partial charge in [-0.05, 0) is 31.4 Å². The van der Waals surface area contributed by atoms with Gasteiger partial charge in [0.05, 0.1) is 6.20 Å². The summed E-state index contributed by atoms with van der Waals surface area (Å²) in [6.07, 6.45) is 2.21. The zero-order chi connectivity index (χ0) is 24.2. The van der Waals surface area contributed by atoms with Gasteiger partial charge in [-0.15, -0.1) is 0 Å². The lowest BCUT2D eigenvalue weighted by Crippen LogP contribution is -2.44. The fourth-order valence-corrected chi connectivity index (χ4v) is 4.03. The topological polar surface area (TPSA) is 117 Å². The normalized spacial score (nSPS) is 17.6. The Bertz CT molecular complexity index is 1000. The van der Waals surface area contributed by atoms with E-state index in [-0.39, 0.29) is 17.2 Å². The third-order valence-electron chi connectivity index (χ3n) is 5.84. The maximum absolute atomic E-state index is 12.6. The second-order valence-corrected chi connectivity index (χ2v) is 8.18. The Labute approximate surface area is 187 Å². The summed E-state index contributed by atoms with van der Waals surface area (Å²) in [5.74, 6) is -2.04. The number of rotatable bonds is 3. The molecule has 1 spiro atoms. The van der Waals surface area contributed by atoms with E-state index < -0.39 is 12.1 Å². The van der Waals surface area contributed by atoms with Crippen molar-refractivity contribution < 1.29 is 37.2 Å². The standard InChI is InChI=1S/C19H22N4O3.C2HF3O2/c1-14-16(11-21-26-14)18(25)22-7-4-19(5-8-22)9-17(24)23(13-19)12-15-3-2-6-20-10-15;3-2(4,5)1(6)7/h2-3,6,10-11H,4-5,7-9,12-13H2,1H3;(H,6,7). The lowest BCUT2D eigenvalue weighted by molar-refractivity contribution is -0.192. The minimum Gasteiger partial charge on any atom is -0.475 e. The summed E-state index contributed by atoms with van der Waals surface area (Å²) in [5, 5.41) is 10.8. The minimum absolute atomic E-state index is 0.0141. The number of aliphatic carboxylic acids is 1. The van der Waals surface area contributed by atoms with Crippen LogP contribution >= 0.6 is 0 Å². The summed E-state index contributed by atoms with van der Waals surface area (Å²) in [7, 11) is 0. The minimum atomic E-state index is -5.08. The molecular formula is C21H23F3N4O5. The second-order valence-electron chi connectivity index (χ2n) is 8.18. The number of carbonyl (C=O) groups is 3. The van der Waals surface area contributed by atoms with Crippen molar-refractivity contribution in [3.8, 4) is 0 Å². The number of carboxylic acids is 1. The first-order chi connectivity index (χ1) is 15.5. The molecule has 12 heteroatoms. The Morgan fingerprint density at radius 1 is 1.24 bits per heavy atom. The molecule has 2 fully saturated rings. The van der Waals surface area contributed by atoms with Gasteiger partial charge in [0.25, 0.3) is 5.91 Å². The van der Waals surface area contributed by atoms with Crippen LogP contribution in [0.4, 0.5) is 13.2 Å². The molecule has 0 radical (unpaired) electrons. The fourth-order valence-electron chi connectivity index (χ4n) is 4.03. The van der Waals surface area contributed by atoms with Crippen LogP contribution in [0, 0.1) is 12.3 Å². The molecule has 1 N–H and O–H groups in total. The second kappa shape index (κ2) is 9.59. The van der Waals surface area contributed by atoms with Crippen molar-refractivity contribution in [2.75, 3.05) is 19.6 Å². The Morgan fingerprint density at radius 3 is 2.42 bits per heavy atom. The lowest BCUT2D eigenvalue weighted by atomic mass is 9.77. The maximum Gasteiger partial charge on any atom is 0.490 e. The number of carboxylic acid groups (broad SMARTS) is 1. The van der Waals surface area contributed by atoms with Crippen LogP contribution in [-0.4, -0.2) is 68.6 Å². The van der Waals surface area contributed by atoms with Gasteiger partial charge in [0.1, 0.15) is 11.3 Å².